The van der Waals surface area contributed by atoms with Crippen molar-refractivity contribution in [1.29, 1.82) is 0 Å². The summed E-state index contributed by atoms with van der Waals surface area (Å²) in [5.74, 6) is -1.09. The van der Waals surface area contributed by atoms with Crippen LogP contribution in [0.1, 0.15) is 36.5 Å². The molecule has 1 unspecified atom stereocenters. The highest BCUT2D eigenvalue weighted by Crippen LogP contribution is 2.46. The van der Waals surface area contributed by atoms with E-state index in [1.807, 2.05) is 16.4 Å². The summed E-state index contributed by atoms with van der Waals surface area (Å²) < 4.78 is 22.0. The van der Waals surface area contributed by atoms with E-state index in [0.717, 1.165) is 13.1 Å². The molecule has 144 valence electrons. The zero-order valence-corrected chi connectivity index (χ0v) is 16.4. The Balaban J connectivity index is 1.91. The average Bonchev–Trinajstić information content (AvgIpc) is 2.61. The minimum absolute atomic E-state index is 0.00798. The van der Waals surface area contributed by atoms with Crippen molar-refractivity contribution in [1.82, 2.24) is 9.88 Å². The summed E-state index contributed by atoms with van der Waals surface area (Å²) >= 11 is 1.46. The summed E-state index contributed by atoms with van der Waals surface area (Å²) in [6.07, 6.45) is -0.331. The fraction of sp³-hybridized carbons (Fsp3) is 0.474. The molecule has 2 aliphatic heterocycles. The molecule has 8 heteroatoms. The number of anilines is 1. The van der Waals surface area contributed by atoms with Gasteiger partial charge in [-0.15, -0.1) is 0 Å². The maximum atomic E-state index is 14.8. The molecule has 1 N–H and O–H groups in total. The molecule has 3 heterocycles. The van der Waals surface area contributed by atoms with Crippen LogP contribution >= 0.6 is 11.8 Å². The molecular formula is C19H22FN3O3S. The van der Waals surface area contributed by atoms with Crippen molar-refractivity contribution in [2.45, 2.75) is 37.3 Å². The minimum atomic E-state index is -0.647. The van der Waals surface area contributed by atoms with Crippen LogP contribution in [0.5, 0.6) is 0 Å². The van der Waals surface area contributed by atoms with E-state index in [9.17, 15) is 14.0 Å². The van der Waals surface area contributed by atoms with Gasteiger partial charge in [0.25, 0.3) is 0 Å². The molecule has 6 nitrogen and oxygen atoms in total. The molecule has 0 saturated carbocycles. The molecule has 2 aliphatic rings. The highest BCUT2D eigenvalue weighted by Gasteiger charge is 2.34. The number of ether oxygens (including phenoxy) is 1. The Bertz CT molecular complexity index is 983. The third-order valence-electron chi connectivity index (χ3n) is 4.88. The Morgan fingerprint density at radius 3 is 2.67 bits per heavy atom. The van der Waals surface area contributed by atoms with Crippen molar-refractivity contribution in [2.75, 3.05) is 31.1 Å². The lowest BCUT2D eigenvalue weighted by Crippen LogP contribution is -2.44. The van der Waals surface area contributed by atoms with Gasteiger partial charge < -0.3 is 19.5 Å². The molecule has 27 heavy (non-hydrogen) atoms. The molecule has 0 aliphatic carbocycles. The summed E-state index contributed by atoms with van der Waals surface area (Å²) in [5, 5.41) is 4.14. The number of pyridine rings is 1. The topological polar surface area (TPSA) is 63.6 Å². The van der Waals surface area contributed by atoms with Crippen molar-refractivity contribution in [2.24, 2.45) is 0 Å². The van der Waals surface area contributed by atoms with Crippen molar-refractivity contribution >= 4 is 34.3 Å². The van der Waals surface area contributed by atoms with Gasteiger partial charge in [-0.05, 0) is 32.9 Å². The van der Waals surface area contributed by atoms with Gasteiger partial charge in [0.2, 0.25) is 5.43 Å². The van der Waals surface area contributed by atoms with Crippen LogP contribution in [0.15, 0.2) is 22.0 Å². The second kappa shape index (κ2) is 6.83. The van der Waals surface area contributed by atoms with Crippen LogP contribution in [0.3, 0.4) is 0 Å². The Morgan fingerprint density at radius 2 is 2.04 bits per heavy atom. The number of rotatable bonds is 3. The van der Waals surface area contributed by atoms with Crippen molar-refractivity contribution in [3.05, 3.63) is 33.7 Å². The molecule has 1 fully saturated rings. The van der Waals surface area contributed by atoms with Crippen molar-refractivity contribution in [3.63, 3.8) is 0 Å². The Kier molecular flexibility index (Phi) is 4.63. The van der Waals surface area contributed by atoms with E-state index < -0.39 is 17.2 Å². The third-order valence-corrected chi connectivity index (χ3v) is 6.06. The molecule has 4 rings (SSSR count). The predicted molar refractivity (Wildman–Crippen MR) is 104 cm³/mol. The molecule has 0 spiro atoms. The molecule has 1 saturated heterocycles. The molecule has 0 amide bonds. The van der Waals surface area contributed by atoms with Gasteiger partial charge in [-0.2, -0.15) is 0 Å². The number of nitrogens with zero attached hydrogens (tertiary/aromatic N) is 2. The van der Waals surface area contributed by atoms with Gasteiger partial charge in [0.05, 0.1) is 27.7 Å². The number of esters is 1. The molecule has 1 aromatic carbocycles. The van der Waals surface area contributed by atoms with Gasteiger partial charge in [0.15, 0.2) is 0 Å². The lowest BCUT2D eigenvalue weighted by atomic mass is 10.1. The van der Waals surface area contributed by atoms with E-state index in [-0.39, 0.29) is 22.4 Å². The van der Waals surface area contributed by atoms with Gasteiger partial charge in [0.1, 0.15) is 11.4 Å². The number of nitrogens with one attached hydrogen (secondary N) is 1. The smallest absolute Gasteiger partial charge is 0.345 e. The number of piperazine rings is 1. The number of carbonyl (C=O) groups is 1. The van der Waals surface area contributed by atoms with Crippen LogP contribution < -0.4 is 15.6 Å². The molecular weight excluding hydrogens is 369 g/mol. The van der Waals surface area contributed by atoms with E-state index in [1.165, 1.54) is 17.8 Å². The van der Waals surface area contributed by atoms with E-state index in [2.05, 4.69) is 5.32 Å². The first-order valence-electron chi connectivity index (χ1n) is 9.13. The van der Waals surface area contributed by atoms with Crippen LogP contribution in [-0.2, 0) is 4.74 Å². The van der Waals surface area contributed by atoms with E-state index >= 15 is 0 Å². The first kappa shape index (κ1) is 18.3. The number of aromatic nitrogens is 1. The minimum Gasteiger partial charge on any atom is -0.459 e. The number of hydrogen-bond donors (Lipinski definition) is 1. The number of fused-ring (bicyclic) bond motifs is 3. The average molecular weight is 391 g/mol. The van der Waals surface area contributed by atoms with Crippen molar-refractivity contribution < 1.29 is 13.9 Å². The Morgan fingerprint density at radius 1 is 1.33 bits per heavy atom. The van der Waals surface area contributed by atoms with E-state index in [0.29, 0.717) is 29.3 Å². The molecule has 1 aromatic heterocycles. The summed E-state index contributed by atoms with van der Waals surface area (Å²) in [5.41, 5.74) is 0.706. The van der Waals surface area contributed by atoms with Crippen LogP contribution in [0.2, 0.25) is 0 Å². The quantitative estimate of drug-likeness (QED) is 0.812. The second-order valence-electron chi connectivity index (χ2n) is 7.11. The van der Waals surface area contributed by atoms with E-state index in [1.54, 1.807) is 19.9 Å². The number of benzene rings is 1. The largest absolute Gasteiger partial charge is 0.459 e. The van der Waals surface area contributed by atoms with Crippen LogP contribution in [0.4, 0.5) is 10.1 Å². The van der Waals surface area contributed by atoms with E-state index in [4.69, 9.17) is 4.74 Å². The fourth-order valence-electron chi connectivity index (χ4n) is 3.64. The van der Waals surface area contributed by atoms with Crippen LogP contribution in [-0.4, -0.2) is 42.8 Å². The fourth-order valence-corrected chi connectivity index (χ4v) is 4.79. The molecule has 2 aromatic rings. The lowest BCUT2D eigenvalue weighted by molar-refractivity contribution is 0.0370. The number of halogens is 1. The normalized spacial score (nSPS) is 19.1. The molecule has 0 bridgehead atoms. The zero-order valence-electron chi connectivity index (χ0n) is 15.5. The highest BCUT2D eigenvalue weighted by atomic mass is 32.2. The Labute approximate surface area is 160 Å². The second-order valence-corrected chi connectivity index (χ2v) is 8.41. The van der Waals surface area contributed by atoms with Gasteiger partial charge in [0, 0.05) is 31.6 Å². The molecule has 1 atom stereocenters. The zero-order chi connectivity index (χ0) is 19.3. The maximum Gasteiger partial charge on any atom is 0.345 e. The predicted octanol–water partition coefficient (Wildman–Crippen LogP) is 2.74. The first-order chi connectivity index (χ1) is 12.9. The summed E-state index contributed by atoms with van der Waals surface area (Å²) in [6, 6.07) is 3.01. The van der Waals surface area contributed by atoms with Gasteiger partial charge in [-0.3, -0.25) is 4.79 Å². The summed E-state index contributed by atoms with van der Waals surface area (Å²) in [4.78, 5) is 27.4. The number of thioether (sulfide) groups is 1. The first-order valence-corrected chi connectivity index (χ1v) is 10.0. The van der Waals surface area contributed by atoms with Crippen LogP contribution in [0, 0.1) is 5.82 Å². The number of hydrogen-bond acceptors (Lipinski definition) is 6. The van der Waals surface area contributed by atoms with Gasteiger partial charge >= 0.3 is 5.97 Å². The van der Waals surface area contributed by atoms with Gasteiger partial charge in [-0.1, -0.05) is 11.8 Å². The van der Waals surface area contributed by atoms with Crippen LogP contribution in [0.25, 0.3) is 10.9 Å². The van der Waals surface area contributed by atoms with Gasteiger partial charge in [-0.25, -0.2) is 9.18 Å². The number of carbonyl (C=O) groups excluding carboxylic acids is 1. The standard InChI is InChI=1S/C19H22FN3O3S/c1-10(2)26-19(25)16-17(24)12-8-13(20)15(22-6-4-21-5-7-22)9-14(12)23-11(3)27-18(16)23/h8-11,21H,4-7H2,1-3H3. The highest BCUT2D eigenvalue weighted by molar-refractivity contribution is 8.00. The maximum absolute atomic E-state index is 14.8. The SMILES string of the molecule is CC(C)OC(=O)c1c2n(c3cc(N4CCNCC4)c(F)cc3c1=O)C(C)S2. The van der Waals surface area contributed by atoms with Crippen molar-refractivity contribution in [3.8, 4) is 0 Å². The monoisotopic (exact) mass is 391 g/mol. The third kappa shape index (κ3) is 3.00. The summed E-state index contributed by atoms with van der Waals surface area (Å²) in [7, 11) is 0. The summed E-state index contributed by atoms with van der Waals surface area (Å²) in [6.45, 7) is 8.47. The molecule has 0 radical (unpaired) electrons. The lowest BCUT2D eigenvalue weighted by Gasteiger charge is -2.34. The Hall–Kier alpha value is -2.06.